The highest BCUT2D eigenvalue weighted by Crippen LogP contribution is 2.16. The Morgan fingerprint density at radius 2 is 2.50 bits per heavy atom. The summed E-state index contributed by atoms with van der Waals surface area (Å²) in [5, 5.41) is 13.9. The number of amides is 2. The Morgan fingerprint density at radius 1 is 1.71 bits per heavy atom. The van der Waals surface area contributed by atoms with Crippen LogP contribution in [0.3, 0.4) is 0 Å². The van der Waals surface area contributed by atoms with Gasteiger partial charge in [-0.3, -0.25) is 0 Å². The van der Waals surface area contributed by atoms with Crippen LogP contribution in [0.5, 0.6) is 0 Å². The van der Waals surface area contributed by atoms with E-state index in [9.17, 15) is 4.79 Å². The van der Waals surface area contributed by atoms with Gasteiger partial charge in [0.25, 0.3) is 0 Å². The maximum absolute atomic E-state index is 11.2. The first kappa shape index (κ1) is 11.0. The van der Waals surface area contributed by atoms with Gasteiger partial charge in [-0.15, -0.1) is 0 Å². The molecule has 0 aromatic carbocycles. The van der Waals surface area contributed by atoms with Crippen LogP contribution in [0.25, 0.3) is 0 Å². The van der Waals surface area contributed by atoms with Gasteiger partial charge >= 0.3 is 6.03 Å². The van der Waals surface area contributed by atoms with E-state index >= 15 is 0 Å². The number of aliphatic hydroxyl groups is 1. The molecule has 0 unspecified atom stereocenters. The van der Waals surface area contributed by atoms with Gasteiger partial charge in [0.1, 0.15) is 0 Å². The zero-order valence-electron chi connectivity index (χ0n) is 8.55. The van der Waals surface area contributed by atoms with E-state index in [2.05, 4.69) is 23.6 Å². The van der Waals surface area contributed by atoms with E-state index in [0.29, 0.717) is 6.54 Å². The topological polar surface area (TPSA) is 61.4 Å². The van der Waals surface area contributed by atoms with Crippen LogP contribution < -0.4 is 10.6 Å². The third-order valence-electron chi connectivity index (χ3n) is 2.37. The number of urea groups is 1. The van der Waals surface area contributed by atoms with Crippen molar-refractivity contribution in [2.24, 2.45) is 0 Å². The molecule has 14 heavy (non-hydrogen) atoms. The van der Waals surface area contributed by atoms with E-state index in [-0.39, 0.29) is 18.7 Å². The predicted octanol–water partition coefficient (Wildman–Crippen LogP) is 0.777. The minimum Gasteiger partial charge on any atom is -0.395 e. The Hall–Kier alpha value is -1.03. The van der Waals surface area contributed by atoms with E-state index in [1.807, 2.05) is 0 Å². The van der Waals surface area contributed by atoms with Crippen LogP contribution in [0, 0.1) is 0 Å². The first-order chi connectivity index (χ1) is 6.72. The highest BCUT2D eigenvalue weighted by molar-refractivity contribution is 5.74. The lowest BCUT2D eigenvalue weighted by atomic mass is 9.96. The number of carbonyl (C=O) groups is 1. The molecule has 1 aliphatic carbocycles. The molecule has 0 fully saturated rings. The van der Waals surface area contributed by atoms with Crippen molar-refractivity contribution in [3.8, 4) is 0 Å². The average molecular weight is 198 g/mol. The van der Waals surface area contributed by atoms with Gasteiger partial charge in [0.15, 0.2) is 0 Å². The Balaban J connectivity index is 2.21. The summed E-state index contributed by atoms with van der Waals surface area (Å²) >= 11 is 0. The van der Waals surface area contributed by atoms with Crippen molar-refractivity contribution >= 4 is 6.03 Å². The molecule has 0 radical (unpaired) electrons. The molecule has 0 aliphatic heterocycles. The second-order valence-electron chi connectivity index (χ2n) is 3.65. The van der Waals surface area contributed by atoms with Gasteiger partial charge in [0, 0.05) is 12.6 Å². The predicted molar refractivity (Wildman–Crippen MR) is 55.0 cm³/mol. The van der Waals surface area contributed by atoms with E-state index in [0.717, 1.165) is 19.3 Å². The van der Waals surface area contributed by atoms with E-state index in [1.165, 1.54) is 5.57 Å². The number of nitrogens with one attached hydrogen (secondary N) is 2. The number of allylic oxidation sites excluding steroid dienone is 1. The molecule has 0 saturated heterocycles. The first-order valence-corrected chi connectivity index (χ1v) is 5.03. The van der Waals surface area contributed by atoms with Gasteiger partial charge in [-0.2, -0.15) is 0 Å². The third-order valence-corrected chi connectivity index (χ3v) is 2.37. The van der Waals surface area contributed by atoms with Crippen LogP contribution in [0.2, 0.25) is 0 Å². The van der Waals surface area contributed by atoms with Crippen LogP contribution in [0.15, 0.2) is 11.6 Å². The van der Waals surface area contributed by atoms with Crippen molar-refractivity contribution in [2.75, 3.05) is 13.2 Å². The van der Waals surface area contributed by atoms with Crippen LogP contribution in [-0.4, -0.2) is 30.3 Å². The summed E-state index contributed by atoms with van der Waals surface area (Å²) in [6.07, 6.45) is 5.15. The number of rotatable bonds is 3. The highest BCUT2D eigenvalue weighted by atomic mass is 16.3. The molecule has 2 amide bonds. The van der Waals surface area contributed by atoms with Gasteiger partial charge < -0.3 is 15.7 Å². The summed E-state index contributed by atoms with van der Waals surface area (Å²) in [4.78, 5) is 11.2. The van der Waals surface area contributed by atoms with Gasteiger partial charge in [0.05, 0.1) is 6.61 Å². The van der Waals surface area contributed by atoms with Crippen LogP contribution in [0.1, 0.15) is 26.2 Å². The van der Waals surface area contributed by atoms with Gasteiger partial charge in [-0.25, -0.2) is 4.79 Å². The van der Waals surface area contributed by atoms with E-state index in [4.69, 9.17) is 5.11 Å². The summed E-state index contributed by atoms with van der Waals surface area (Å²) in [6.45, 7) is 2.41. The quantitative estimate of drug-likeness (QED) is 0.587. The molecule has 0 heterocycles. The zero-order valence-corrected chi connectivity index (χ0v) is 8.55. The number of hydrogen-bond donors (Lipinski definition) is 3. The molecular formula is C10H18N2O2. The maximum atomic E-state index is 11.2. The lowest BCUT2D eigenvalue weighted by Crippen LogP contribution is -2.43. The van der Waals surface area contributed by atoms with Crippen LogP contribution in [-0.2, 0) is 0 Å². The Morgan fingerprint density at radius 3 is 3.07 bits per heavy atom. The molecule has 4 nitrogen and oxygen atoms in total. The molecule has 80 valence electrons. The van der Waals surface area contributed by atoms with Crippen molar-refractivity contribution < 1.29 is 9.90 Å². The number of hydrogen-bond acceptors (Lipinski definition) is 2. The molecule has 0 spiro atoms. The van der Waals surface area contributed by atoms with Crippen molar-refractivity contribution in [2.45, 2.75) is 32.2 Å². The number of aliphatic hydroxyl groups excluding tert-OH is 1. The van der Waals surface area contributed by atoms with Gasteiger partial charge in [-0.1, -0.05) is 11.6 Å². The maximum Gasteiger partial charge on any atom is 0.315 e. The van der Waals surface area contributed by atoms with Crippen molar-refractivity contribution in [3.05, 3.63) is 11.6 Å². The highest BCUT2D eigenvalue weighted by Gasteiger charge is 2.14. The van der Waals surface area contributed by atoms with Crippen molar-refractivity contribution in [3.63, 3.8) is 0 Å². The largest absolute Gasteiger partial charge is 0.395 e. The molecule has 0 bridgehead atoms. The minimum absolute atomic E-state index is 0.0168. The average Bonchev–Trinajstić information content (AvgIpc) is 2.18. The molecule has 4 heteroatoms. The van der Waals surface area contributed by atoms with Crippen LogP contribution in [0.4, 0.5) is 4.79 Å². The van der Waals surface area contributed by atoms with E-state index in [1.54, 1.807) is 0 Å². The van der Waals surface area contributed by atoms with Crippen molar-refractivity contribution in [1.82, 2.24) is 10.6 Å². The minimum atomic E-state index is -0.183. The molecule has 0 aromatic rings. The third kappa shape index (κ3) is 3.79. The lowest BCUT2D eigenvalue weighted by Gasteiger charge is -2.21. The molecule has 0 saturated carbocycles. The summed E-state index contributed by atoms with van der Waals surface area (Å²) in [6, 6.07) is 0.0643. The fourth-order valence-corrected chi connectivity index (χ4v) is 1.50. The van der Waals surface area contributed by atoms with Gasteiger partial charge in [0.2, 0.25) is 0 Å². The summed E-state index contributed by atoms with van der Waals surface area (Å²) < 4.78 is 0. The second kappa shape index (κ2) is 5.65. The molecule has 1 aliphatic rings. The Bertz CT molecular complexity index is 226. The standard InChI is InChI=1S/C10H18N2O2/c1-8-2-4-9(5-3-8)12-10(14)11-6-7-13/h2,9,13H,3-7H2,1H3,(H2,11,12,14)/t9-/m1/s1. The molecule has 0 aromatic heterocycles. The fraction of sp³-hybridized carbons (Fsp3) is 0.700. The molecule has 1 rings (SSSR count). The Kier molecular flexibility index (Phi) is 4.46. The normalized spacial score (nSPS) is 21.3. The Labute approximate surface area is 84.4 Å². The SMILES string of the molecule is CC1=CC[C@@H](NC(=O)NCCO)CC1. The van der Waals surface area contributed by atoms with E-state index < -0.39 is 0 Å². The van der Waals surface area contributed by atoms with Crippen LogP contribution >= 0.6 is 0 Å². The molecular weight excluding hydrogens is 180 g/mol. The monoisotopic (exact) mass is 198 g/mol. The first-order valence-electron chi connectivity index (χ1n) is 5.03. The summed E-state index contributed by atoms with van der Waals surface area (Å²) in [7, 11) is 0. The lowest BCUT2D eigenvalue weighted by molar-refractivity contribution is 0.229. The molecule has 1 atom stereocenters. The van der Waals surface area contributed by atoms with Gasteiger partial charge in [-0.05, 0) is 26.2 Å². The summed E-state index contributed by atoms with van der Waals surface area (Å²) in [5.41, 5.74) is 1.40. The second-order valence-corrected chi connectivity index (χ2v) is 3.65. The van der Waals surface area contributed by atoms with Crippen molar-refractivity contribution in [1.29, 1.82) is 0 Å². The fourth-order valence-electron chi connectivity index (χ4n) is 1.50. The summed E-state index contributed by atoms with van der Waals surface area (Å²) in [5.74, 6) is 0. The zero-order chi connectivity index (χ0) is 10.4. The smallest absolute Gasteiger partial charge is 0.315 e. The molecule has 3 N–H and O–H groups in total. The number of carbonyl (C=O) groups excluding carboxylic acids is 1.